The van der Waals surface area contributed by atoms with Crippen molar-refractivity contribution in [3.05, 3.63) is 108 Å². The average molecular weight is 820 g/mol. The predicted molar refractivity (Wildman–Crippen MR) is 235 cm³/mol. The summed E-state index contributed by atoms with van der Waals surface area (Å²) in [5.74, 6) is 1.04. The normalized spacial score (nSPS) is 17.7. The molecule has 0 aliphatic carbocycles. The molecular weight excluding hydrogens is 771 g/mol. The molecule has 7 aromatic rings. The molecular formula is C47H49N9O5. The molecule has 0 unspecified atom stereocenters. The van der Waals surface area contributed by atoms with Gasteiger partial charge in [-0.15, -0.1) is 0 Å². The Balaban J connectivity index is 0.972. The number of imidazole rings is 2. The van der Waals surface area contributed by atoms with E-state index in [1.807, 2.05) is 66.1 Å². The van der Waals surface area contributed by atoms with Crippen LogP contribution < -0.4 is 16.0 Å². The van der Waals surface area contributed by atoms with E-state index < -0.39 is 24.2 Å². The molecule has 312 valence electrons. The van der Waals surface area contributed by atoms with E-state index in [-0.39, 0.29) is 29.8 Å². The minimum absolute atomic E-state index is 0.115. The molecule has 2 saturated heterocycles. The summed E-state index contributed by atoms with van der Waals surface area (Å²) in [4.78, 5) is 73.2. The molecule has 0 bridgehead atoms. The quantitative estimate of drug-likeness (QED) is 0.0987. The highest BCUT2D eigenvalue weighted by atomic mass is 16.5. The van der Waals surface area contributed by atoms with E-state index in [9.17, 15) is 19.2 Å². The zero-order chi connectivity index (χ0) is 42.4. The summed E-state index contributed by atoms with van der Waals surface area (Å²) >= 11 is 0. The number of alkyl carbamates (subject to hydrolysis) is 1. The van der Waals surface area contributed by atoms with Crippen molar-refractivity contribution in [3.63, 3.8) is 0 Å². The van der Waals surface area contributed by atoms with Crippen LogP contribution in [0.2, 0.25) is 0 Å². The fraction of sp³-hybridized carbons (Fsp3) is 0.319. The number of rotatable bonds is 9. The molecule has 14 heteroatoms. The van der Waals surface area contributed by atoms with Crippen LogP contribution in [0.25, 0.3) is 54.7 Å². The number of hydrogen-bond acceptors (Lipinski definition) is 7. The van der Waals surface area contributed by atoms with Gasteiger partial charge in [0.1, 0.15) is 23.7 Å². The Morgan fingerprint density at radius 1 is 0.705 bits per heavy atom. The molecule has 14 nitrogen and oxygen atoms in total. The summed E-state index contributed by atoms with van der Waals surface area (Å²) in [6.07, 6.45) is 2.58. The molecule has 2 fully saturated rings. The monoisotopic (exact) mass is 819 g/mol. The number of nitrogens with zero attached hydrogens (tertiary/aromatic N) is 4. The van der Waals surface area contributed by atoms with Crippen molar-refractivity contribution in [2.24, 2.45) is 5.92 Å². The maximum atomic E-state index is 14.1. The third-order valence-electron chi connectivity index (χ3n) is 12.3. The number of hydrogen-bond donors (Lipinski definition) is 5. The number of methoxy groups -OCH3 is 1. The summed E-state index contributed by atoms with van der Waals surface area (Å²) in [5.41, 5.74) is 6.34. The summed E-state index contributed by atoms with van der Waals surface area (Å²) in [6.45, 7) is 4.97. The van der Waals surface area contributed by atoms with E-state index in [2.05, 4.69) is 74.4 Å². The summed E-state index contributed by atoms with van der Waals surface area (Å²) in [6, 6.07) is 28.0. The molecule has 0 saturated carbocycles. The van der Waals surface area contributed by atoms with Crippen molar-refractivity contribution < 1.29 is 23.9 Å². The van der Waals surface area contributed by atoms with Gasteiger partial charge in [0.2, 0.25) is 11.8 Å². The molecule has 5 amide bonds. The molecule has 2 aliphatic rings. The van der Waals surface area contributed by atoms with Crippen LogP contribution in [0.1, 0.15) is 74.9 Å². The molecule has 2 aliphatic heterocycles. The Morgan fingerprint density at radius 3 is 1.75 bits per heavy atom. The Morgan fingerprint density at radius 2 is 1.25 bits per heavy atom. The summed E-state index contributed by atoms with van der Waals surface area (Å²) in [7, 11) is 2.83. The van der Waals surface area contributed by atoms with Gasteiger partial charge in [-0.25, -0.2) is 19.6 Å². The largest absolute Gasteiger partial charge is 0.453 e. The first-order chi connectivity index (χ1) is 29.6. The lowest BCUT2D eigenvalue weighted by Gasteiger charge is -2.29. The van der Waals surface area contributed by atoms with Crippen molar-refractivity contribution in [1.82, 2.24) is 45.7 Å². The van der Waals surface area contributed by atoms with E-state index in [1.54, 1.807) is 0 Å². The Bertz CT molecular complexity index is 2820. The Hall–Kier alpha value is -6.96. The van der Waals surface area contributed by atoms with Gasteiger partial charge in [0.25, 0.3) is 0 Å². The minimum atomic E-state index is -0.828. The van der Waals surface area contributed by atoms with Gasteiger partial charge in [-0.1, -0.05) is 80.6 Å². The van der Waals surface area contributed by atoms with Gasteiger partial charge in [-0.05, 0) is 83.3 Å². The zero-order valence-corrected chi connectivity index (χ0v) is 34.6. The number of carbonyl (C=O) groups is 4. The standard InChI is InChI=1S/C47H49N9O5/c1-26(2)38(54-47(60)61-4)44(57)55-22-8-12-36(55)42-49-34-20-16-30-24-28(14-18-32(30)40(34)51-42)29-15-19-33-31(25-29)17-21-35-41(33)52-43(50-35)37-13-9-23-56(37)45(58)39(53-46(59)48-3)27-10-6-5-7-11-27/h5-7,10-11,14-21,24-26,36-39H,8-9,12-13,22-23H2,1-4H3,(H,49,51)(H,50,52)(H,54,60)(H2,48,53,59)/t36-,37-,38-,39+/m0/s1. The van der Waals surface area contributed by atoms with Crippen LogP contribution in [0, 0.1) is 5.92 Å². The van der Waals surface area contributed by atoms with Crippen LogP contribution in [0.5, 0.6) is 0 Å². The number of amides is 5. The van der Waals surface area contributed by atoms with Gasteiger partial charge in [-0.2, -0.15) is 0 Å². The van der Waals surface area contributed by atoms with Crippen LogP contribution in [0.3, 0.4) is 0 Å². The number of aromatic amines is 2. The predicted octanol–water partition coefficient (Wildman–Crippen LogP) is 7.79. The van der Waals surface area contributed by atoms with Crippen LogP contribution in [0.4, 0.5) is 9.59 Å². The zero-order valence-electron chi connectivity index (χ0n) is 34.6. The molecule has 61 heavy (non-hydrogen) atoms. The van der Waals surface area contributed by atoms with Gasteiger partial charge in [0.15, 0.2) is 0 Å². The van der Waals surface area contributed by atoms with Crippen LogP contribution in [-0.2, 0) is 14.3 Å². The number of carbonyl (C=O) groups excluding carboxylic acids is 4. The lowest BCUT2D eigenvalue weighted by atomic mass is 9.98. The highest BCUT2D eigenvalue weighted by Gasteiger charge is 2.39. The van der Waals surface area contributed by atoms with E-state index in [0.717, 1.165) is 97.6 Å². The van der Waals surface area contributed by atoms with Gasteiger partial charge < -0.3 is 40.5 Å². The van der Waals surface area contributed by atoms with Crippen LogP contribution >= 0.6 is 0 Å². The smallest absolute Gasteiger partial charge is 0.407 e. The molecule has 9 rings (SSSR count). The van der Waals surface area contributed by atoms with Gasteiger partial charge in [0.05, 0.1) is 41.3 Å². The number of aromatic nitrogens is 4. The number of fused-ring (bicyclic) bond motifs is 6. The lowest BCUT2D eigenvalue weighted by molar-refractivity contribution is -0.135. The second kappa shape index (κ2) is 16.2. The first-order valence-electron chi connectivity index (χ1n) is 21.0. The van der Waals surface area contributed by atoms with Crippen molar-refractivity contribution in [2.45, 2.75) is 63.7 Å². The van der Waals surface area contributed by atoms with Crippen LogP contribution in [0.15, 0.2) is 91.0 Å². The molecule has 5 aromatic carbocycles. The topological polar surface area (TPSA) is 177 Å². The summed E-state index contributed by atoms with van der Waals surface area (Å²) < 4.78 is 4.80. The molecule has 2 aromatic heterocycles. The second-order valence-corrected chi connectivity index (χ2v) is 16.3. The van der Waals surface area contributed by atoms with E-state index >= 15 is 0 Å². The number of H-pyrrole nitrogens is 2. The van der Waals surface area contributed by atoms with E-state index in [1.165, 1.54) is 14.2 Å². The van der Waals surface area contributed by atoms with Crippen molar-refractivity contribution >= 4 is 67.6 Å². The molecule has 5 N–H and O–H groups in total. The highest BCUT2D eigenvalue weighted by molar-refractivity contribution is 6.07. The second-order valence-electron chi connectivity index (χ2n) is 16.3. The molecule has 4 heterocycles. The first-order valence-corrected chi connectivity index (χ1v) is 21.0. The van der Waals surface area contributed by atoms with Crippen molar-refractivity contribution in [3.8, 4) is 11.1 Å². The third kappa shape index (κ3) is 7.36. The maximum Gasteiger partial charge on any atom is 0.407 e. The third-order valence-corrected chi connectivity index (χ3v) is 12.3. The van der Waals surface area contributed by atoms with Gasteiger partial charge in [-0.3, -0.25) is 9.59 Å². The number of urea groups is 1. The number of nitrogens with one attached hydrogen (secondary N) is 5. The van der Waals surface area contributed by atoms with Gasteiger partial charge >= 0.3 is 12.1 Å². The SMILES string of the molecule is CNC(=O)N[C@@H](C(=O)N1CCC[C@H]1c1nc2c(ccc3cc(-c4ccc5c(ccc6[nH]c([C@@H]7CCCN7C(=O)[C@@H](NC(=O)OC)C(C)C)nc65)c4)ccc32)[nH]1)c1ccccc1. The fourth-order valence-corrected chi connectivity index (χ4v) is 9.13. The Kier molecular flexibility index (Phi) is 10.5. The van der Waals surface area contributed by atoms with Crippen LogP contribution in [-0.4, -0.2) is 87.0 Å². The van der Waals surface area contributed by atoms with E-state index in [0.29, 0.717) is 13.1 Å². The number of ether oxygens (including phenoxy) is 1. The molecule has 4 atom stereocenters. The molecule has 0 radical (unpaired) electrons. The van der Waals surface area contributed by atoms with E-state index in [4.69, 9.17) is 14.7 Å². The number of benzene rings is 5. The van der Waals surface area contributed by atoms with Crippen molar-refractivity contribution in [1.29, 1.82) is 0 Å². The maximum absolute atomic E-state index is 14.1. The average Bonchev–Trinajstić information content (AvgIpc) is 4.12. The first kappa shape index (κ1) is 39.5. The lowest BCUT2D eigenvalue weighted by Crippen LogP contribution is -2.51. The van der Waals surface area contributed by atoms with Crippen molar-refractivity contribution in [2.75, 3.05) is 27.2 Å². The van der Waals surface area contributed by atoms with Gasteiger partial charge in [0, 0.05) is 30.9 Å². The highest BCUT2D eigenvalue weighted by Crippen LogP contribution is 2.38. The molecule has 0 spiro atoms. The fourth-order valence-electron chi connectivity index (χ4n) is 9.13. The number of likely N-dealkylation sites (tertiary alicyclic amines) is 2. The Labute approximate surface area is 352 Å². The summed E-state index contributed by atoms with van der Waals surface area (Å²) in [5, 5.41) is 12.3. The minimum Gasteiger partial charge on any atom is -0.453 e.